The van der Waals surface area contributed by atoms with Crippen LogP contribution in [0.1, 0.15) is 6.42 Å². The predicted octanol–water partition coefficient (Wildman–Crippen LogP) is 2.08. The van der Waals surface area contributed by atoms with E-state index in [0.29, 0.717) is 0 Å². The summed E-state index contributed by atoms with van der Waals surface area (Å²) in [6.07, 6.45) is 9.41. The molecule has 0 saturated heterocycles. The summed E-state index contributed by atoms with van der Waals surface area (Å²) in [6, 6.07) is 10.3. The van der Waals surface area contributed by atoms with Gasteiger partial charge in [0.15, 0.2) is 0 Å². The molecule has 2 aliphatic rings. The summed E-state index contributed by atoms with van der Waals surface area (Å²) in [5.74, 6) is 0.645. The van der Waals surface area contributed by atoms with Crippen LogP contribution in [0.25, 0.3) is 0 Å². The van der Waals surface area contributed by atoms with Crippen molar-refractivity contribution < 1.29 is 18.8 Å². The van der Waals surface area contributed by atoms with Crippen molar-refractivity contribution in [2.75, 3.05) is 6.61 Å². The minimum absolute atomic E-state index is 0.0871. The van der Waals surface area contributed by atoms with E-state index >= 15 is 0 Å². The third-order valence-corrected chi connectivity index (χ3v) is 3.16. The van der Waals surface area contributed by atoms with E-state index in [-0.39, 0.29) is 12.5 Å². The molecular formula is C16H15NO3. The number of nitrogens with zero attached hydrogens (tertiary/aromatic N) is 1. The largest absolute Gasteiger partial charge is 0.490 e. The van der Waals surface area contributed by atoms with Gasteiger partial charge in [-0.15, -0.1) is 12.2 Å². The molecule has 102 valence electrons. The van der Waals surface area contributed by atoms with Gasteiger partial charge >= 0.3 is 5.91 Å². The zero-order valence-electron chi connectivity index (χ0n) is 10.9. The van der Waals surface area contributed by atoms with E-state index in [0.717, 1.165) is 18.2 Å². The molecule has 0 fully saturated rings. The number of allylic oxidation sites excluding steroid dienone is 2. The lowest BCUT2D eigenvalue weighted by Crippen LogP contribution is -2.32. The van der Waals surface area contributed by atoms with Crippen LogP contribution in [0.4, 0.5) is 0 Å². The van der Waals surface area contributed by atoms with Crippen LogP contribution in [-0.4, -0.2) is 29.6 Å². The highest BCUT2D eigenvalue weighted by atomic mass is 16.5. The summed E-state index contributed by atoms with van der Waals surface area (Å²) >= 11 is 0. The van der Waals surface area contributed by atoms with Crippen LogP contribution >= 0.6 is 0 Å². The molecule has 4 heteroatoms. The Kier molecular flexibility index (Phi) is 3.54. The van der Waals surface area contributed by atoms with Crippen molar-refractivity contribution in [3.63, 3.8) is 0 Å². The monoisotopic (exact) mass is 269 g/mol. The van der Waals surface area contributed by atoms with Crippen molar-refractivity contribution in [3.05, 3.63) is 60.7 Å². The number of carbonyl (C=O) groups excluding carboxylic acids is 1. The minimum Gasteiger partial charge on any atom is -0.490 e. The van der Waals surface area contributed by atoms with Gasteiger partial charge in [-0.25, -0.2) is 4.58 Å². The molecule has 1 amide bonds. The van der Waals surface area contributed by atoms with E-state index in [4.69, 9.17) is 9.47 Å². The predicted molar refractivity (Wildman–Crippen MR) is 74.3 cm³/mol. The van der Waals surface area contributed by atoms with Gasteiger partial charge < -0.3 is 9.47 Å². The zero-order valence-corrected chi connectivity index (χ0v) is 10.9. The Labute approximate surface area is 117 Å². The molecule has 0 bridgehead atoms. The minimum atomic E-state index is -0.581. The SMILES string of the molecule is O=C1C(COc2ccccc2)OC=[N+]1[C-]1C=CC=CC1. The Morgan fingerprint density at radius 1 is 1.30 bits per heavy atom. The van der Waals surface area contributed by atoms with Crippen molar-refractivity contribution in [3.8, 4) is 5.75 Å². The second-order valence-corrected chi connectivity index (χ2v) is 4.55. The second-order valence-electron chi connectivity index (χ2n) is 4.55. The van der Waals surface area contributed by atoms with Crippen molar-refractivity contribution in [1.29, 1.82) is 0 Å². The number of rotatable bonds is 4. The van der Waals surface area contributed by atoms with Gasteiger partial charge in [-0.2, -0.15) is 0 Å². The Bertz CT molecular complexity index is 575. The van der Waals surface area contributed by atoms with Gasteiger partial charge in [0.25, 0.3) is 6.40 Å². The molecule has 1 aliphatic heterocycles. The summed E-state index contributed by atoms with van der Waals surface area (Å²) in [5, 5.41) is 0. The van der Waals surface area contributed by atoms with Gasteiger partial charge in [0.2, 0.25) is 6.10 Å². The number of para-hydroxylation sites is 1. The molecule has 0 spiro atoms. The third kappa shape index (κ3) is 2.59. The molecule has 1 unspecified atom stereocenters. The molecular weight excluding hydrogens is 254 g/mol. The van der Waals surface area contributed by atoms with Crippen LogP contribution in [0.15, 0.2) is 54.6 Å². The lowest BCUT2D eigenvalue weighted by molar-refractivity contribution is -0.421. The van der Waals surface area contributed by atoms with Crippen LogP contribution in [-0.2, 0) is 9.53 Å². The van der Waals surface area contributed by atoms with E-state index in [1.54, 1.807) is 4.58 Å². The number of hydrogen-bond donors (Lipinski definition) is 0. The molecule has 0 N–H and O–H groups in total. The van der Waals surface area contributed by atoms with Crippen LogP contribution < -0.4 is 4.74 Å². The third-order valence-electron chi connectivity index (χ3n) is 3.16. The van der Waals surface area contributed by atoms with E-state index in [2.05, 4.69) is 0 Å². The number of ether oxygens (including phenoxy) is 2. The summed E-state index contributed by atoms with van der Waals surface area (Å²) < 4.78 is 12.5. The van der Waals surface area contributed by atoms with Crippen molar-refractivity contribution >= 4 is 12.3 Å². The molecule has 0 aromatic heterocycles. The molecule has 1 aromatic rings. The van der Waals surface area contributed by atoms with Gasteiger partial charge in [-0.1, -0.05) is 30.4 Å². The number of amides is 1. The summed E-state index contributed by atoms with van der Waals surface area (Å²) in [4.78, 5) is 12.2. The molecule has 0 saturated carbocycles. The fourth-order valence-electron chi connectivity index (χ4n) is 2.09. The first kappa shape index (κ1) is 12.5. The number of hydrogen-bond acceptors (Lipinski definition) is 3. The molecule has 1 atom stereocenters. The van der Waals surface area contributed by atoms with Crippen molar-refractivity contribution in [1.82, 2.24) is 0 Å². The normalized spacial score (nSPS) is 20.8. The van der Waals surface area contributed by atoms with Gasteiger partial charge in [-0.05, 0) is 12.1 Å². The summed E-state index contributed by atoms with van der Waals surface area (Å²) in [5.41, 5.74) is 0. The van der Waals surface area contributed by atoms with Gasteiger partial charge in [-0.3, -0.25) is 4.79 Å². The Balaban J connectivity index is 1.58. The molecule has 4 nitrogen and oxygen atoms in total. The smallest absolute Gasteiger partial charge is 0.356 e. The quantitative estimate of drug-likeness (QED) is 0.620. The highest BCUT2D eigenvalue weighted by Crippen LogP contribution is 2.19. The van der Waals surface area contributed by atoms with E-state index in [1.807, 2.05) is 54.6 Å². The van der Waals surface area contributed by atoms with E-state index in [9.17, 15) is 4.79 Å². The van der Waals surface area contributed by atoms with Gasteiger partial charge in [0, 0.05) is 6.42 Å². The number of carbonyl (C=O) groups is 1. The Morgan fingerprint density at radius 3 is 2.90 bits per heavy atom. The number of benzene rings is 1. The first-order valence-electron chi connectivity index (χ1n) is 6.53. The average Bonchev–Trinajstić information content (AvgIpc) is 2.88. The zero-order chi connectivity index (χ0) is 13.8. The lowest BCUT2D eigenvalue weighted by Gasteiger charge is -2.14. The Morgan fingerprint density at radius 2 is 2.15 bits per heavy atom. The molecule has 0 radical (unpaired) electrons. The first-order valence-corrected chi connectivity index (χ1v) is 6.53. The van der Waals surface area contributed by atoms with E-state index < -0.39 is 6.10 Å². The molecule has 3 rings (SSSR count). The topological polar surface area (TPSA) is 38.5 Å². The molecule has 1 aliphatic carbocycles. The summed E-state index contributed by atoms with van der Waals surface area (Å²) in [6.45, 7) is 0.211. The maximum Gasteiger partial charge on any atom is 0.356 e. The Hall–Kier alpha value is -2.49. The van der Waals surface area contributed by atoms with Crippen LogP contribution in [0.3, 0.4) is 0 Å². The van der Waals surface area contributed by atoms with Gasteiger partial charge in [0.05, 0.1) is 0 Å². The summed E-state index contributed by atoms with van der Waals surface area (Å²) in [7, 11) is 0. The fourth-order valence-corrected chi connectivity index (χ4v) is 2.09. The standard InChI is InChI=1S/C16H15NO3/c18-16-15(11-19-14-9-5-2-6-10-14)20-12-17(16)13-7-3-1-4-8-13/h1-7,9-10,12,15H,8,11H2. The second kappa shape index (κ2) is 5.65. The van der Waals surface area contributed by atoms with Crippen LogP contribution in [0.5, 0.6) is 5.75 Å². The maximum atomic E-state index is 12.2. The van der Waals surface area contributed by atoms with Crippen molar-refractivity contribution in [2.24, 2.45) is 0 Å². The van der Waals surface area contributed by atoms with Crippen LogP contribution in [0, 0.1) is 6.04 Å². The molecule has 20 heavy (non-hydrogen) atoms. The molecule has 1 heterocycles. The fraction of sp³-hybridized carbons (Fsp3) is 0.188. The maximum absolute atomic E-state index is 12.2. The highest BCUT2D eigenvalue weighted by molar-refractivity contribution is 5.81. The average molecular weight is 269 g/mol. The van der Waals surface area contributed by atoms with Crippen LogP contribution in [0.2, 0.25) is 0 Å². The van der Waals surface area contributed by atoms with Gasteiger partial charge in [0.1, 0.15) is 18.4 Å². The lowest BCUT2D eigenvalue weighted by atomic mass is 10.1. The first-order chi connectivity index (χ1) is 9.84. The molecule has 1 aromatic carbocycles. The highest BCUT2D eigenvalue weighted by Gasteiger charge is 2.35. The van der Waals surface area contributed by atoms with E-state index in [1.165, 1.54) is 6.40 Å². The van der Waals surface area contributed by atoms with Crippen molar-refractivity contribution in [2.45, 2.75) is 12.5 Å².